The Morgan fingerprint density at radius 3 is 1.59 bits per heavy atom. The maximum absolute atomic E-state index is 11.9. The summed E-state index contributed by atoms with van der Waals surface area (Å²) in [5.41, 5.74) is -0.545. The Labute approximate surface area is 155 Å². The fourth-order valence-corrected chi connectivity index (χ4v) is 2.19. The van der Waals surface area contributed by atoms with Gasteiger partial charge in [0.05, 0.1) is 13.2 Å². The SMILES string of the molecule is O=c1ccc(OCCCO)nn1CCCn1nc(OCCCO)ccc1=O. The first-order valence-corrected chi connectivity index (χ1v) is 8.77. The van der Waals surface area contributed by atoms with E-state index in [1.165, 1.54) is 33.6 Å². The lowest BCUT2D eigenvalue weighted by molar-refractivity contribution is 0.225. The third-order valence-electron chi connectivity index (χ3n) is 3.53. The summed E-state index contributed by atoms with van der Waals surface area (Å²) in [6.45, 7) is 1.24. The fourth-order valence-electron chi connectivity index (χ4n) is 2.19. The van der Waals surface area contributed by atoms with Crippen molar-refractivity contribution in [2.24, 2.45) is 0 Å². The molecule has 0 bridgehead atoms. The fraction of sp³-hybridized carbons (Fsp3) is 0.529. The lowest BCUT2D eigenvalue weighted by atomic mass is 10.4. The van der Waals surface area contributed by atoms with Crippen LogP contribution in [0, 0.1) is 0 Å². The number of rotatable bonds is 12. The lowest BCUT2D eigenvalue weighted by Crippen LogP contribution is -2.26. The molecule has 10 nitrogen and oxygen atoms in total. The molecule has 10 heteroatoms. The van der Waals surface area contributed by atoms with Crippen molar-refractivity contribution in [1.82, 2.24) is 19.6 Å². The number of hydrogen-bond donors (Lipinski definition) is 2. The summed E-state index contributed by atoms with van der Waals surface area (Å²) in [4.78, 5) is 23.8. The molecule has 2 aromatic rings. The molecule has 0 radical (unpaired) electrons. The van der Waals surface area contributed by atoms with Crippen LogP contribution in [-0.4, -0.2) is 56.2 Å². The molecule has 2 heterocycles. The summed E-state index contributed by atoms with van der Waals surface area (Å²) >= 11 is 0. The van der Waals surface area contributed by atoms with Gasteiger partial charge in [0.25, 0.3) is 11.1 Å². The molecule has 0 unspecified atom stereocenters. The van der Waals surface area contributed by atoms with E-state index in [1.807, 2.05) is 0 Å². The highest BCUT2D eigenvalue weighted by Gasteiger charge is 2.05. The van der Waals surface area contributed by atoms with Crippen LogP contribution in [0.25, 0.3) is 0 Å². The molecular weight excluding hydrogens is 356 g/mol. The Hall–Kier alpha value is -2.72. The van der Waals surface area contributed by atoms with Crippen LogP contribution in [0.4, 0.5) is 0 Å². The summed E-state index contributed by atoms with van der Waals surface area (Å²) in [5.74, 6) is 0.607. The second-order valence-corrected chi connectivity index (χ2v) is 5.67. The van der Waals surface area contributed by atoms with Gasteiger partial charge in [-0.15, -0.1) is 10.2 Å². The van der Waals surface area contributed by atoms with E-state index in [4.69, 9.17) is 19.7 Å². The van der Waals surface area contributed by atoms with Crippen molar-refractivity contribution in [3.63, 3.8) is 0 Å². The predicted octanol–water partition coefficient (Wildman–Crippen LogP) is -0.587. The van der Waals surface area contributed by atoms with Gasteiger partial charge in [-0.2, -0.15) is 0 Å². The van der Waals surface area contributed by atoms with Crippen LogP contribution in [0.5, 0.6) is 11.8 Å². The maximum Gasteiger partial charge on any atom is 0.266 e. The first-order chi connectivity index (χ1) is 13.1. The van der Waals surface area contributed by atoms with Gasteiger partial charge in [-0.05, 0) is 6.42 Å². The summed E-state index contributed by atoms with van der Waals surface area (Å²) < 4.78 is 13.2. The van der Waals surface area contributed by atoms with Gasteiger partial charge in [-0.3, -0.25) is 9.59 Å². The van der Waals surface area contributed by atoms with Crippen molar-refractivity contribution < 1.29 is 19.7 Å². The number of aromatic nitrogens is 4. The van der Waals surface area contributed by atoms with Crippen LogP contribution in [-0.2, 0) is 13.1 Å². The molecule has 0 atom stereocenters. The molecule has 0 saturated carbocycles. The van der Waals surface area contributed by atoms with Crippen LogP contribution in [0.1, 0.15) is 19.3 Å². The van der Waals surface area contributed by atoms with Crippen molar-refractivity contribution >= 4 is 0 Å². The molecule has 2 rings (SSSR count). The normalized spacial score (nSPS) is 10.7. The van der Waals surface area contributed by atoms with Gasteiger partial charge < -0.3 is 19.7 Å². The molecule has 2 N–H and O–H groups in total. The number of hydrogen-bond acceptors (Lipinski definition) is 8. The molecule has 0 aromatic carbocycles. The Kier molecular flexibility index (Phi) is 8.46. The van der Waals surface area contributed by atoms with E-state index in [0.717, 1.165) is 0 Å². The molecular formula is C17H24N4O6. The van der Waals surface area contributed by atoms with Gasteiger partial charge in [0.2, 0.25) is 11.8 Å². The molecule has 27 heavy (non-hydrogen) atoms. The summed E-state index contributed by atoms with van der Waals surface area (Å²) in [6.07, 6.45) is 1.41. The third-order valence-corrected chi connectivity index (χ3v) is 3.53. The standard InChI is InChI=1S/C17H24N4O6/c22-10-2-12-26-14-4-6-16(24)20(18-14)8-1-9-21-17(25)7-5-15(19-21)27-13-3-11-23/h4-7,22-23H,1-3,8-13H2. The molecule has 0 saturated heterocycles. The van der Waals surface area contributed by atoms with E-state index in [9.17, 15) is 9.59 Å². The second-order valence-electron chi connectivity index (χ2n) is 5.67. The summed E-state index contributed by atoms with van der Waals surface area (Å²) in [7, 11) is 0. The quantitative estimate of drug-likeness (QED) is 0.468. The van der Waals surface area contributed by atoms with Gasteiger partial charge in [-0.25, -0.2) is 9.36 Å². The van der Waals surface area contributed by atoms with Gasteiger partial charge in [0.1, 0.15) is 0 Å². The first-order valence-electron chi connectivity index (χ1n) is 8.77. The summed E-state index contributed by atoms with van der Waals surface area (Å²) in [5, 5.41) is 25.7. The van der Waals surface area contributed by atoms with E-state index in [2.05, 4.69) is 10.2 Å². The largest absolute Gasteiger partial charge is 0.477 e. The maximum atomic E-state index is 11.9. The Morgan fingerprint density at radius 1 is 0.741 bits per heavy atom. The first kappa shape index (κ1) is 20.6. The smallest absolute Gasteiger partial charge is 0.266 e. The molecule has 0 aliphatic rings. The van der Waals surface area contributed by atoms with Crippen LogP contribution in [0.2, 0.25) is 0 Å². The minimum absolute atomic E-state index is 0.0180. The minimum Gasteiger partial charge on any atom is -0.477 e. The molecule has 0 fully saturated rings. The van der Waals surface area contributed by atoms with Crippen molar-refractivity contribution in [3.8, 4) is 11.8 Å². The van der Waals surface area contributed by atoms with E-state index >= 15 is 0 Å². The van der Waals surface area contributed by atoms with Crippen LogP contribution < -0.4 is 20.6 Å². The van der Waals surface area contributed by atoms with E-state index < -0.39 is 0 Å². The van der Waals surface area contributed by atoms with Crippen molar-refractivity contribution in [3.05, 3.63) is 45.0 Å². The van der Waals surface area contributed by atoms with Crippen LogP contribution >= 0.6 is 0 Å². The number of ether oxygens (including phenoxy) is 2. The lowest BCUT2D eigenvalue weighted by Gasteiger charge is -2.10. The predicted molar refractivity (Wildman–Crippen MR) is 96.0 cm³/mol. The molecule has 148 valence electrons. The number of aliphatic hydroxyl groups is 2. The second kappa shape index (κ2) is 11.1. The Bertz CT molecular complexity index is 752. The highest BCUT2D eigenvalue weighted by atomic mass is 16.5. The highest BCUT2D eigenvalue weighted by molar-refractivity contribution is 5.07. The van der Waals surface area contributed by atoms with Gasteiger partial charge in [0, 0.05) is 63.4 Å². The monoisotopic (exact) mass is 380 g/mol. The zero-order valence-electron chi connectivity index (χ0n) is 15.0. The molecule has 0 spiro atoms. The van der Waals surface area contributed by atoms with Crippen molar-refractivity contribution in [1.29, 1.82) is 0 Å². The zero-order valence-corrected chi connectivity index (χ0v) is 15.0. The third kappa shape index (κ3) is 6.83. The minimum atomic E-state index is -0.272. The van der Waals surface area contributed by atoms with Crippen LogP contribution in [0.15, 0.2) is 33.9 Å². The van der Waals surface area contributed by atoms with Crippen molar-refractivity contribution in [2.45, 2.75) is 32.4 Å². The number of aryl methyl sites for hydroxylation is 2. The van der Waals surface area contributed by atoms with Gasteiger partial charge in [-0.1, -0.05) is 0 Å². The Morgan fingerprint density at radius 2 is 1.19 bits per heavy atom. The number of aliphatic hydroxyl groups excluding tert-OH is 2. The summed E-state index contributed by atoms with van der Waals surface area (Å²) in [6, 6.07) is 5.69. The van der Waals surface area contributed by atoms with E-state index in [1.54, 1.807) is 0 Å². The number of nitrogens with zero attached hydrogens (tertiary/aromatic N) is 4. The van der Waals surface area contributed by atoms with Crippen LogP contribution in [0.3, 0.4) is 0 Å². The average molecular weight is 380 g/mol. The van der Waals surface area contributed by atoms with E-state index in [0.29, 0.717) is 57.3 Å². The average Bonchev–Trinajstić information content (AvgIpc) is 2.67. The zero-order chi connectivity index (χ0) is 19.5. The topological polar surface area (TPSA) is 129 Å². The molecule has 0 aliphatic carbocycles. The van der Waals surface area contributed by atoms with Crippen molar-refractivity contribution in [2.75, 3.05) is 26.4 Å². The van der Waals surface area contributed by atoms with Gasteiger partial charge in [0.15, 0.2) is 0 Å². The molecule has 0 aliphatic heterocycles. The molecule has 0 amide bonds. The Balaban J connectivity index is 1.93. The van der Waals surface area contributed by atoms with E-state index in [-0.39, 0.29) is 24.3 Å². The highest BCUT2D eigenvalue weighted by Crippen LogP contribution is 2.04. The molecule has 2 aromatic heterocycles. The van der Waals surface area contributed by atoms with Gasteiger partial charge >= 0.3 is 0 Å².